The van der Waals surface area contributed by atoms with Gasteiger partial charge in [-0.05, 0) is 24.3 Å². The Morgan fingerprint density at radius 1 is 1.15 bits per heavy atom. The molecule has 20 heavy (non-hydrogen) atoms. The molecule has 0 spiro atoms. The first-order valence-electron chi connectivity index (χ1n) is 6.75. The summed E-state index contributed by atoms with van der Waals surface area (Å²) in [6, 6.07) is 13.9. The highest BCUT2D eigenvalue weighted by Crippen LogP contribution is 2.29. The molecule has 0 amide bonds. The highest BCUT2D eigenvalue weighted by atomic mass is 16.3. The van der Waals surface area contributed by atoms with E-state index >= 15 is 0 Å². The smallest absolute Gasteiger partial charge is 0.167 e. The molecule has 0 aliphatic carbocycles. The number of nitrogens with zero attached hydrogens (tertiary/aromatic N) is 1. The van der Waals surface area contributed by atoms with Crippen LogP contribution < -0.4 is 0 Å². The first-order valence-corrected chi connectivity index (χ1v) is 6.75. The van der Waals surface area contributed by atoms with Gasteiger partial charge in [-0.2, -0.15) is 0 Å². The average Bonchev–Trinajstić information content (AvgIpc) is 2.79. The van der Waals surface area contributed by atoms with Gasteiger partial charge in [0.05, 0.1) is 6.61 Å². The lowest BCUT2D eigenvalue weighted by Crippen LogP contribution is -2.14. The minimum Gasteiger partial charge on any atom is -0.396 e. The summed E-state index contributed by atoms with van der Waals surface area (Å²) in [4.78, 5) is 12.2. The van der Waals surface area contributed by atoms with Gasteiger partial charge >= 0.3 is 0 Å². The number of aliphatic hydroxyl groups is 1. The van der Waals surface area contributed by atoms with Crippen molar-refractivity contribution in [1.82, 2.24) is 4.57 Å². The van der Waals surface area contributed by atoms with E-state index in [1.165, 1.54) is 0 Å². The predicted molar refractivity (Wildman–Crippen MR) is 81.0 cm³/mol. The second kappa shape index (κ2) is 4.76. The minimum absolute atomic E-state index is 0.0117. The predicted octanol–water partition coefficient (Wildman–Crippen LogP) is 3.14. The van der Waals surface area contributed by atoms with E-state index in [2.05, 4.69) is 16.7 Å². The molecule has 0 bridgehead atoms. The molecule has 0 aliphatic heterocycles. The van der Waals surface area contributed by atoms with Crippen LogP contribution in [-0.4, -0.2) is 22.1 Å². The fourth-order valence-corrected chi connectivity index (χ4v) is 2.69. The van der Waals surface area contributed by atoms with E-state index in [1.807, 2.05) is 37.4 Å². The zero-order valence-corrected chi connectivity index (χ0v) is 11.6. The Labute approximate surface area is 117 Å². The van der Waals surface area contributed by atoms with Gasteiger partial charge in [0.25, 0.3) is 0 Å². The summed E-state index contributed by atoms with van der Waals surface area (Å²) >= 11 is 0. The maximum absolute atomic E-state index is 12.2. The summed E-state index contributed by atoms with van der Waals surface area (Å²) in [7, 11) is 2.03. The third-order valence-corrected chi connectivity index (χ3v) is 3.92. The fraction of sp³-hybridized carbons (Fsp3) is 0.235. The second-order valence-electron chi connectivity index (χ2n) is 5.26. The van der Waals surface area contributed by atoms with Crippen molar-refractivity contribution >= 4 is 27.6 Å². The van der Waals surface area contributed by atoms with Crippen LogP contribution in [0.1, 0.15) is 17.3 Å². The Morgan fingerprint density at radius 2 is 1.85 bits per heavy atom. The molecule has 3 nitrogen and oxygen atoms in total. The van der Waals surface area contributed by atoms with Crippen LogP contribution in [0.4, 0.5) is 0 Å². The summed E-state index contributed by atoms with van der Waals surface area (Å²) in [5, 5.41) is 11.4. The van der Waals surface area contributed by atoms with E-state index in [0.717, 1.165) is 21.8 Å². The summed E-state index contributed by atoms with van der Waals surface area (Å²) in [5.74, 6) is -0.371. The number of hydrogen-bond donors (Lipinski definition) is 1. The number of aryl methyl sites for hydroxylation is 1. The largest absolute Gasteiger partial charge is 0.396 e. The zero-order chi connectivity index (χ0) is 14.3. The van der Waals surface area contributed by atoms with Crippen LogP contribution in [0.3, 0.4) is 0 Å². The molecular formula is C17H17NO2. The quantitative estimate of drug-likeness (QED) is 0.741. The van der Waals surface area contributed by atoms with Crippen LogP contribution in [0.5, 0.6) is 0 Å². The number of para-hydroxylation sites is 1. The third kappa shape index (κ3) is 1.82. The van der Waals surface area contributed by atoms with Gasteiger partial charge in [0.15, 0.2) is 5.78 Å². The molecule has 3 rings (SSSR count). The number of hydrogen-bond acceptors (Lipinski definition) is 2. The van der Waals surface area contributed by atoms with Gasteiger partial charge in [-0.25, -0.2) is 0 Å². The minimum atomic E-state index is -0.359. The number of ketones is 1. The van der Waals surface area contributed by atoms with E-state index in [4.69, 9.17) is 5.11 Å². The number of carbonyl (C=O) groups is 1. The molecular weight excluding hydrogens is 250 g/mol. The van der Waals surface area contributed by atoms with E-state index in [-0.39, 0.29) is 18.3 Å². The first kappa shape index (κ1) is 12.9. The van der Waals surface area contributed by atoms with Crippen molar-refractivity contribution in [3.05, 3.63) is 48.0 Å². The zero-order valence-electron chi connectivity index (χ0n) is 11.6. The number of carbonyl (C=O) groups excluding carboxylic acids is 1. The summed E-state index contributed by atoms with van der Waals surface area (Å²) < 4.78 is 2.13. The standard InChI is InChI=1S/C17H17NO2/c1-11(10-19)17(20)12-7-8-16-14(9-12)13-5-3-4-6-15(13)18(16)2/h3-9,11,19H,10H2,1-2H3. The van der Waals surface area contributed by atoms with E-state index in [9.17, 15) is 4.79 Å². The van der Waals surface area contributed by atoms with E-state index < -0.39 is 0 Å². The second-order valence-corrected chi connectivity index (χ2v) is 5.26. The van der Waals surface area contributed by atoms with Crippen LogP contribution in [0.2, 0.25) is 0 Å². The molecule has 102 valence electrons. The van der Waals surface area contributed by atoms with E-state index in [0.29, 0.717) is 5.56 Å². The summed E-state index contributed by atoms with van der Waals surface area (Å²) in [6.45, 7) is 1.63. The normalized spacial score (nSPS) is 12.9. The molecule has 3 aromatic rings. The SMILES string of the molecule is CC(CO)C(=O)c1ccc2c(c1)c1ccccc1n2C. The van der Waals surface area contributed by atoms with Crippen molar-refractivity contribution in [3.63, 3.8) is 0 Å². The molecule has 1 aromatic heterocycles. The van der Waals surface area contributed by atoms with Gasteiger partial charge in [-0.1, -0.05) is 25.1 Å². The van der Waals surface area contributed by atoms with Crippen LogP contribution >= 0.6 is 0 Å². The topological polar surface area (TPSA) is 42.2 Å². The van der Waals surface area contributed by atoms with Crippen LogP contribution in [0, 0.1) is 5.92 Å². The number of benzene rings is 2. The molecule has 1 atom stereocenters. The molecule has 2 aromatic carbocycles. The summed E-state index contributed by atoms with van der Waals surface area (Å²) in [5.41, 5.74) is 2.93. The number of Topliss-reactive ketones (excluding diaryl/α,β-unsaturated/α-hetero) is 1. The lowest BCUT2D eigenvalue weighted by molar-refractivity contribution is 0.0878. The molecule has 1 heterocycles. The Balaban J connectivity index is 2.25. The maximum atomic E-state index is 12.2. The van der Waals surface area contributed by atoms with Crippen LogP contribution in [0.25, 0.3) is 21.8 Å². The molecule has 3 heteroatoms. The number of aromatic nitrogens is 1. The van der Waals surface area contributed by atoms with Crippen molar-refractivity contribution in [2.24, 2.45) is 13.0 Å². The van der Waals surface area contributed by atoms with Crippen LogP contribution in [0.15, 0.2) is 42.5 Å². The Morgan fingerprint density at radius 3 is 2.60 bits per heavy atom. The Hall–Kier alpha value is -2.13. The van der Waals surface area contributed by atoms with Crippen molar-refractivity contribution in [3.8, 4) is 0 Å². The van der Waals surface area contributed by atoms with E-state index in [1.54, 1.807) is 6.92 Å². The third-order valence-electron chi connectivity index (χ3n) is 3.92. The molecule has 0 aliphatic rings. The lowest BCUT2D eigenvalue weighted by atomic mass is 9.98. The molecule has 0 radical (unpaired) electrons. The number of aliphatic hydroxyl groups excluding tert-OH is 1. The molecule has 0 fully saturated rings. The van der Waals surface area contributed by atoms with Gasteiger partial charge in [0.1, 0.15) is 0 Å². The highest BCUT2D eigenvalue weighted by Gasteiger charge is 2.16. The fourth-order valence-electron chi connectivity index (χ4n) is 2.69. The van der Waals surface area contributed by atoms with Crippen molar-refractivity contribution in [2.75, 3.05) is 6.61 Å². The summed E-state index contributed by atoms with van der Waals surface area (Å²) in [6.07, 6.45) is 0. The number of rotatable bonds is 3. The van der Waals surface area contributed by atoms with Gasteiger partial charge < -0.3 is 9.67 Å². The monoisotopic (exact) mass is 267 g/mol. The molecule has 0 saturated carbocycles. The molecule has 1 N–H and O–H groups in total. The van der Waals surface area contributed by atoms with Crippen molar-refractivity contribution < 1.29 is 9.90 Å². The number of fused-ring (bicyclic) bond motifs is 3. The van der Waals surface area contributed by atoms with Gasteiger partial charge in [-0.15, -0.1) is 0 Å². The average molecular weight is 267 g/mol. The maximum Gasteiger partial charge on any atom is 0.167 e. The van der Waals surface area contributed by atoms with Gasteiger partial charge in [-0.3, -0.25) is 4.79 Å². The molecule has 1 unspecified atom stereocenters. The first-order chi connectivity index (χ1) is 9.63. The highest BCUT2D eigenvalue weighted by molar-refractivity contribution is 6.11. The van der Waals surface area contributed by atoms with Gasteiger partial charge in [0.2, 0.25) is 0 Å². The van der Waals surface area contributed by atoms with Crippen molar-refractivity contribution in [1.29, 1.82) is 0 Å². The lowest BCUT2D eigenvalue weighted by Gasteiger charge is -2.07. The van der Waals surface area contributed by atoms with Crippen LogP contribution in [-0.2, 0) is 7.05 Å². The molecule has 0 saturated heterocycles. The Bertz CT molecular complexity index is 801. The van der Waals surface area contributed by atoms with Gasteiger partial charge in [0, 0.05) is 40.3 Å². The van der Waals surface area contributed by atoms with Crippen molar-refractivity contribution in [2.45, 2.75) is 6.92 Å². The Kier molecular flexibility index (Phi) is 3.07.